The van der Waals surface area contributed by atoms with Gasteiger partial charge < -0.3 is 25.0 Å². The van der Waals surface area contributed by atoms with Crippen molar-refractivity contribution < 1.29 is 9.47 Å². The summed E-state index contributed by atoms with van der Waals surface area (Å²) in [6.45, 7) is 3.28. The number of halogens is 3. The number of hydrogen-bond donors (Lipinski definition) is 2. The Kier molecular flexibility index (Phi) is 8.76. The summed E-state index contributed by atoms with van der Waals surface area (Å²) in [5, 5.41) is 7.90. The first-order chi connectivity index (χ1) is 12.9. The van der Waals surface area contributed by atoms with Crippen LogP contribution in [0.25, 0.3) is 0 Å². The van der Waals surface area contributed by atoms with Crippen molar-refractivity contribution in [2.75, 3.05) is 54.1 Å². The summed E-state index contributed by atoms with van der Waals surface area (Å²) in [7, 11) is 5.96. The normalized spacial score (nSPS) is 17.1. The summed E-state index contributed by atoms with van der Waals surface area (Å²) in [6, 6.07) is 3.21. The van der Waals surface area contributed by atoms with Gasteiger partial charge in [0.25, 0.3) is 0 Å². The fraction of sp³-hybridized carbons (Fsp3) is 0.611. The molecule has 0 atom stereocenters. The van der Waals surface area contributed by atoms with Gasteiger partial charge in [0.05, 0.1) is 16.6 Å². The molecule has 0 aromatic heterocycles. The predicted octanol–water partition coefficient (Wildman–Crippen LogP) is 3.30. The maximum absolute atomic E-state index is 6.12. The molecule has 1 aromatic carbocycles. The number of benzene rings is 1. The molecule has 2 rings (SSSR count). The van der Waals surface area contributed by atoms with Gasteiger partial charge in [-0.15, -0.1) is 0 Å². The third-order valence-corrected chi connectivity index (χ3v) is 5.56. The van der Waals surface area contributed by atoms with E-state index in [1.807, 2.05) is 0 Å². The summed E-state index contributed by atoms with van der Waals surface area (Å²) in [5.41, 5.74) is 0.0662. The van der Waals surface area contributed by atoms with Crippen LogP contribution < -0.4 is 15.4 Å². The molecule has 1 heterocycles. The molecule has 1 aliphatic rings. The van der Waals surface area contributed by atoms with E-state index in [1.54, 1.807) is 19.2 Å². The Morgan fingerprint density at radius 1 is 1.19 bits per heavy atom. The average Bonchev–Trinajstić information content (AvgIpc) is 2.63. The van der Waals surface area contributed by atoms with E-state index in [0.29, 0.717) is 34.0 Å². The van der Waals surface area contributed by atoms with E-state index >= 15 is 0 Å². The molecule has 2 N–H and O–H groups in total. The van der Waals surface area contributed by atoms with E-state index in [1.165, 1.54) is 0 Å². The highest BCUT2D eigenvalue weighted by Crippen LogP contribution is 2.35. The van der Waals surface area contributed by atoms with E-state index in [4.69, 9.17) is 44.3 Å². The molecule has 152 valence electrons. The monoisotopic (exact) mass is 436 g/mol. The van der Waals surface area contributed by atoms with Crippen molar-refractivity contribution in [3.8, 4) is 5.75 Å². The van der Waals surface area contributed by atoms with Gasteiger partial charge >= 0.3 is 0 Å². The van der Waals surface area contributed by atoms with E-state index < -0.39 is 0 Å². The highest BCUT2D eigenvalue weighted by Gasteiger charge is 2.34. The van der Waals surface area contributed by atoms with Crippen LogP contribution in [-0.4, -0.2) is 70.5 Å². The quantitative estimate of drug-likeness (QED) is 0.389. The molecule has 1 fully saturated rings. The van der Waals surface area contributed by atoms with Crippen LogP contribution in [0.1, 0.15) is 12.8 Å². The minimum atomic E-state index is 0.0662. The number of ether oxygens (including phenoxy) is 2. The highest BCUT2D eigenvalue weighted by atomic mass is 35.5. The standard InChI is InChI=1S/C18H27Cl3N4O2/c1-22-17(24-12-18(25(2)3)4-7-26-8-5-18)23-6-9-27-16-14(20)10-13(19)11-15(16)21/h10-11H,4-9,12H2,1-3H3,(H2,22,23,24). The highest BCUT2D eigenvalue weighted by molar-refractivity contribution is 6.40. The molecule has 6 nitrogen and oxygen atoms in total. The van der Waals surface area contributed by atoms with Crippen LogP contribution in [-0.2, 0) is 4.74 Å². The first-order valence-corrected chi connectivity index (χ1v) is 9.98. The third-order valence-electron chi connectivity index (χ3n) is 4.78. The van der Waals surface area contributed by atoms with Crippen molar-refractivity contribution in [2.24, 2.45) is 4.99 Å². The van der Waals surface area contributed by atoms with Gasteiger partial charge in [0.15, 0.2) is 11.7 Å². The molecule has 1 saturated heterocycles. The smallest absolute Gasteiger partial charge is 0.191 e. The topological polar surface area (TPSA) is 58.1 Å². The second-order valence-electron chi connectivity index (χ2n) is 6.63. The van der Waals surface area contributed by atoms with Crippen molar-refractivity contribution >= 4 is 40.8 Å². The molecule has 1 aliphatic heterocycles. The number of rotatable bonds is 7. The number of nitrogens with one attached hydrogen (secondary N) is 2. The first-order valence-electron chi connectivity index (χ1n) is 8.85. The van der Waals surface area contributed by atoms with Gasteiger partial charge in [-0.3, -0.25) is 4.99 Å². The molecule has 0 radical (unpaired) electrons. The van der Waals surface area contributed by atoms with Crippen LogP contribution in [0.15, 0.2) is 17.1 Å². The van der Waals surface area contributed by atoms with E-state index in [0.717, 1.165) is 38.6 Å². The van der Waals surface area contributed by atoms with Crippen molar-refractivity contribution in [1.82, 2.24) is 15.5 Å². The van der Waals surface area contributed by atoms with Gasteiger partial charge in [-0.1, -0.05) is 34.8 Å². The Hall–Kier alpha value is -0.920. The molecule has 0 bridgehead atoms. The summed E-state index contributed by atoms with van der Waals surface area (Å²) < 4.78 is 11.2. The SMILES string of the molecule is CN=C(NCCOc1c(Cl)cc(Cl)cc1Cl)NCC1(N(C)C)CCOCC1. The molecule has 0 aliphatic carbocycles. The minimum absolute atomic E-state index is 0.0662. The molecular formula is C18H27Cl3N4O2. The van der Waals surface area contributed by atoms with E-state index in [9.17, 15) is 0 Å². The van der Waals surface area contributed by atoms with Gasteiger partial charge in [-0.25, -0.2) is 0 Å². The Morgan fingerprint density at radius 3 is 2.37 bits per heavy atom. The van der Waals surface area contributed by atoms with Crippen LogP contribution in [0.3, 0.4) is 0 Å². The summed E-state index contributed by atoms with van der Waals surface area (Å²) >= 11 is 18.1. The zero-order valence-electron chi connectivity index (χ0n) is 15.9. The van der Waals surface area contributed by atoms with Gasteiger partial charge in [0, 0.05) is 37.4 Å². The molecule has 1 aromatic rings. The molecule has 0 unspecified atom stereocenters. The maximum Gasteiger partial charge on any atom is 0.191 e. The lowest BCUT2D eigenvalue weighted by atomic mass is 9.88. The van der Waals surface area contributed by atoms with Gasteiger partial charge in [0.2, 0.25) is 0 Å². The molecular weight excluding hydrogens is 411 g/mol. The second kappa shape index (κ2) is 10.6. The van der Waals surface area contributed by atoms with E-state index in [-0.39, 0.29) is 5.54 Å². The lowest BCUT2D eigenvalue weighted by Gasteiger charge is -2.43. The fourth-order valence-electron chi connectivity index (χ4n) is 2.99. The summed E-state index contributed by atoms with van der Waals surface area (Å²) in [5.74, 6) is 1.15. The Balaban J connectivity index is 1.80. The molecule has 27 heavy (non-hydrogen) atoms. The first kappa shape index (κ1) is 22.4. The van der Waals surface area contributed by atoms with Crippen molar-refractivity contribution in [2.45, 2.75) is 18.4 Å². The molecule has 0 spiro atoms. The molecule has 0 amide bonds. The van der Waals surface area contributed by atoms with Crippen LogP contribution >= 0.6 is 34.8 Å². The Bertz CT molecular complexity index is 626. The number of hydrogen-bond acceptors (Lipinski definition) is 4. The second-order valence-corrected chi connectivity index (χ2v) is 7.88. The molecule has 9 heteroatoms. The number of nitrogens with zero attached hydrogens (tertiary/aromatic N) is 2. The van der Waals surface area contributed by atoms with Crippen molar-refractivity contribution in [3.63, 3.8) is 0 Å². The summed E-state index contributed by atoms with van der Waals surface area (Å²) in [4.78, 5) is 6.54. The van der Waals surface area contributed by atoms with Crippen LogP contribution in [0.4, 0.5) is 0 Å². The maximum atomic E-state index is 6.12. The van der Waals surface area contributed by atoms with Crippen LogP contribution in [0.5, 0.6) is 5.75 Å². The van der Waals surface area contributed by atoms with E-state index in [2.05, 4.69) is 34.6 Å². The predicted molar refractivity (Wildman–Crippen MR) is 113 cm³/mol. The fourth-order valence-corrected chi connectivity index (χ4v) is 3.92. The molecule has 0 saturated carbocycles. The van der Waals surface area contributed by atoms with Gasteiger partial charge in [0.1, 0.15) is 6.61 Å². The zero-order valence-corrected chi connectivity index (χ0v) is 18.2. The lowest BCUT2D eigenvalue weighted by Crippen LogP contribution is -2.57. The number of guanidine groups is 1. The van der Waals surface area contributed by atoms with Crippen molar-refractivity contribution in [1.29, 1.82) is 0 Å². The lowest BCUT2D eigenvalue weighted by molar-refractivity contribution is -0.00501. The largest absolute Gasteiger partial charge is 0.489 e. The average molecular weight is 438 g/mol. The van der Waals surface area contributed by atoms with Crippen molar-refractivity contribution in [3.05, 3.63) is 27.2 Å². The van der Waals surface area contributed by atoms with Gasteiger partial charge in [-0.05, 0) is 39.1 Å². The zero-order chi connectivity index (χ0) is 19.9. The minimum Gasteiger partial charge on any atom is -0.489 e. The van der Waals surface area contributed by atoms with Crippen LogP contribution in [0.2, 0.25) is 15.1 Å². The van der Waals surface area contributed by atoms with Gasteiger partial charge in [-0.2, -0.15) is 0 Å². The summed E-state index contributed by atoms with van der Waals surface area (Å²) in [6.07, 6.45) is 1.97. The number of likely N-dealkylation sites (N-methyl/N-ethyl adjacent to an activating group) is 1. The third kappa shape index (κ3) is 6.29. The Morgan fingerprint density at radius 2 is 1.81 bits per heavy atom. The Labute approximate surface area is 176 Å². The number of aliphatic imine (C=N–C) groups is 1. The van der Waals surface area contributed by atoms with Crippen LogP contribution in [0, 0.1) is 0 Å².